The Hall–Kier alpha value is -1.19. The SMILES string of the molecule is CN(C)S(=O)(=O)c1cc([N+](=O)[O-])cc(Br)c1N. The van der Waals surface area contributed by atoms with Crippen LogP contribution >= 0.6 is 15.9 Å². The minimum Gasteiger partial charge on any atom is -0.397 e. The van der Waals surface area contributed by atoms with Crippen molar-refractivity contribution in [3.63, 3.8) is 0 Å². The number of anilines is 1. The molecule has 9 heteroatoms. The number of nitrogen functional groups attached to an aromatic ring is 1. The molecule has 0 aliphatic carbocycles. The standard InChI is InChI=1S/C8H10BrN3O4S/c1-11(2)17(15,16)7-4-5(12(13)14)3-6(9)8(7)10/h3-4H,10H2,1-2H3. The van der Waals surface area contributed by atoms with Gasteiger partial charge in [-0.2, -0.15) is 0 Å². The van der Waals surface area contributed by atoms with Crippen LogP contribution in [0.3, 0.4) is 0 Å². The molecule has 0 atom stereocenters. The average Bonchev–Trinajstić information content (AvgIpc) is 2.20. The van der Waals surface area contributed by atoms with Crippen molar-refractivity contribution in [2.24, 2.45) is 0 Å². The van der Waals surface area contributed by atoms with Gasteiger partial charge in [-0.1, -0.05) is 0 Å². The number of nitro groups is 1. The van der Waals surface area contributed by atoms with Gasteiger partial charge in [0.25, 0.3) is 5.69 Å². The molecule has 0 fully saturated rings. The minimum atomic E-state index is -3.81. The number of hydrogen-bond donors (Lipinski definition) is 1. The second kappa shape index (κ2) is 4.59. The van der Waals surface area contributed by atoms with Crippen LogP contribution in [0.1, 0.15) is 0 Å². The number of rotatable bonds is 3. The number of halogens is 1. The first-order valence-corrected chi connectivity index (χ1v) is 6.57. The van der Waals surface area contributed by atoms with Crippen LogP contribution in [0.2, 0.25) is 0 Å². The fourth-order valence-corrected chi connectivity index (χ4v) is 2.72. The van der Waals surface area contributed by atoms with E-state index in [1.54, 1.807) is 0 Å². The smallest absolute Gasteiger partial charge is 0.272 e. The molecular weight excluding hydrogens is 314 g/mol. The zero-order chi connectivity index (χ0) is 13.4. The van der Waals surface area contributed by atoms with Crippen LogP contribution in [-0.2, 0) is 10.0 Å². The quantitative estimate of drug-likeness (QED) is 0.510. The lowest BCUT2D eigenvalue weighted by Gasteiger charge is -2.13. The van der Waals surface area contributed by atoms with Gasteiger partial charge in [0.1, 0.15) is 4.90 Å². The topological polar surface area (TPSA) is 107 Å². The third kappa shape index (κ3) is 2.56. The van der Waals surface area contributed by atoms with Gasteiger partial charge < -0.3 is 5.73 Å². The summed E-state index contributed by atoms with van der Waals surface area (Å²) in [4.78, 5) is 9.68. The summed E-state index contributed by atoms with van der Waals surface area (Å²) >= 11 is 2.99. The highest BCUT2D eigenvalue weighted by Gasteiger charge is 2.25. The Morgan fingerprint density at radius 3 is 2.35 bits per heavy atom. The second-order valence-electron chi connectivity index (χ2n) is 3.38. The van der Waals surface area contributed by atoms with Gasteiger partial charge in [0.05, 0.1) is 10.6 Å². The molecule has 17 heavy (non-hydrogen) atoms. The van der Waals surface area contributed by atoms with E-state index in [1.165, 1.54) is 14.1 Å². The molecule has 1 aromatic carbocycles. The molecule has 0 spiro atoms. The van der Waals surface area contributed by atoms with Gasteiger partial charge in [0.15, 0.2) is 0 Å². The molecule has 0 aliphatic heterocycles. The summed E-state index contributed by atoms with van der Waals surface area (Å²) < 4.78 is 24.9. The fourth-order valence-electron chi connectivity index (χ4n) is 1.09. The van der Waals surface area contributed by atoms with Crippen molar-refractivity contribution in [3.8, 4) is 0 Å². The number of nitro benzene ring substituents is 1. The molecule has 1 aromatic rings. The Bertz CT molecular complexity index is 570. The third-order valence-electron chi connectivity index (χ3n) is 2.05. The van der Waals surface area contributed by atoms with Gasteiger partial charge in [-0.15, -0.1) is 0 Å². The maximum atomic E-state index is 11.9. The van der Waals surface area contributed by atoms with Gasteiger partial charge >= 0.3 is 0 Å². The fraction of sp³-hybridized carbons (Fsp3) is 0.250. The van der Waals surface area contributed by atoms with E-state index in [1.807, 2.05) is 0 Å². The van der Waals surface area contributed by atoms with E-state index in [4.69, 9.17) is 5.73 Å². The largest absolute Gasteiger partial charge is 0.397 e. The molecule has 2 N–H and O–H groups in total. The second-order valence-corrected chi connectivity index (χ2v) is 6.36. The number of nitrogens with zero attached hydrogens (tertiary/aromatic N) is 2. The summed E-state index contributed by atoms with van der Waals surface area (Å²) in [6.45, 7) is 0. The van der Waals surface area contributed by atoms with Gasteiger partial charge in [-0.25, -0.2) is 12.7 Å². The van der Waals surface area contributed by atoms with Crippen LogP contribution in [0.25, 0.3) is 0 Å². The molecule has 0 unspecified atom stereocenters. The summed E-state index contributed by atoms with van der Waals surface area (Å²) in [6.07, 6.45) is 0. The minimum absolute atomic E-state index is 0.0516. The molecule has 0 radical (unpaired) electrons. The van der Waals surface area contributed by atoms with Gasteiger partial charge in [-0.3, -0.25) is 10.1 Å². The van der Waals surface area contributed by atoms with Crippen molar-refractivity contribution in [2.75, 3.05) is 19.8 Å². The summed E-state index contributed by atoms with van der Waals surface area (Å²) in [7, 11) is -1.17. The summed E-state index contributed by atoms with van der Waals surface area (Å²) in [5.74, 6) is 0. The molecule has 0 saturated carbocycles. The monoisotopic (exact) mass is 323 g/mol. The summed E-state index contributed by atoms with van der Waals surface area (Å²) in [5.41, 5.74) is 5.21. The van der Waals surface area contributed by atoms with E-state index >= 15 is 0 Å². The molecule has 0 saturated heterocycles. The zero-order valence-electron chi connectivity index (χ0n) is 9.05. The lowest BCUT2D eigenvalue weighted by molar-refractivity contribution is -0.385. The number of nitrogens with two attached hydrogens (primary N) is 1. The van der Waals surface area contributed by atoms with Crippen molar-refractivity contribution >= 4 is 37.3 Å². The van der Waals surface area contributed by atoms with E-state index < -0.39 is 14.9 Å². The summed E-state index contributed by atoms with van der Waals surface area (Å²) in [6, 6.07) is 2.10. The first-order chi connectivity index (χ1) is 7.67. The predicted octanol–water partition coefficient (Wildman–Crippen LogP) is 1.19. The van der Waals surface area contributed by atoms with Crippen LogP contribution in [0.5, 0.6) is 0 Å². The van der Waals surface area contributed by atoms with E-state index in [0.717, 1.165) is 16.4 Å². The lowest BCUT2D eigenvalue weighted by Crippen LogP contribution is -2.23. The lowest BCUT2D eigenvalue weighted by atomic mass is 10.3. The number of sulfonamides is 1. The molecular formula is C8H10BrN3O4S. The normalized spacial score (nSPS) is 11.8. The van der Waals surface area contributed by atoms with E-state index in [0.29, 0.717) is 0 Å². The highest BCUT2D eigenvalue weighted by Crippen LogP contribution is 2.33. The van der Waals surface area contributed by atoms with Crippen molar-refractivity contribution in [1.82, 2.24) is 4.31 Å². The Morgan fingerprint density at radius 1 is 1.41 bits per heavy atom. The highest BCUT2D eigenvalue weighted by atomic mass is 79.9. The van der Waals surface area contributed by atoms with Gasteiger partial charge in [0, 0.05) is 30.7 Å². The van der Waals surface area contributed by atoms with Crippen molar-refractivity contribution < 1.29 is 13.3 Å². The molecule has 0 aromatic heterocycles. The highest BCUT2D eigenvalue weighted by molar-refractivity contribution is 9.10. The van der Waals surface area contributed by atoms with Crippen LogP contribution in [0.4, 0.5) is 11.4 Å². The van der Waals surface area contributed by atoms with E-state index in [2.05, 4.69) is 15.9 Å². The van der Waals surface area contributed by atoms with Crippen LogP contribution in [-0.4, -0.2) is 31.7 Å². The van der Waals surface area contributed by atoms with Crippen molar-refractivity contribution in [3.05, 3.63) is 26.7 Å². The molecule has 1 rings (SSSR count). The van der Waals surface area contributed by atoms with Crippen LogP contribution in [0, 0.1) is 10.1 Å². The van der Waals surface area contributed by atoms with Gasteiger partial charge in [-0.05, 0) is 15.9 Å². The first-order valence-electron chi connectivity index (χ1n) is 4.34. The maximum Gasteiger partial charge on any atom is 0.272 e. The van der Waals surface area contributed by atoms with Crippen molar-refractivity contribution in [2.45, 2.75) is 4.90 Å². The number of non-ortho nitro benzene ring substituents is 1. The van der Waals surface area contributed by atoms with Crippen LogP contribution < -0.4 is 5.73 Å². The van der Waals surface area contributed by atoms with Crippen LogP contribution in [0.15, 0.2) is 21.5 Å². The molecule has 0 bridgehead atoms. The molecule has 0 amide bonds. The molecule has 7 nitrogen and oxygen atoms in total. The number of hydrogen-bond acceptors (Lipinski definition) is 5. The van der Waals surface area contributed by atoms with E-state index in [-0.39, 0.29) is 20.7 Å². The molecule has 0 aliphatic rings. The van der Waals surface area contributed by atoms with Crippen molar-refractivity contribution in [1.29, 1.82) is 0 Å². The van der Waals surface area contributed by atoms with E-state index in [9.17, 15) is 18.5 Å². The Kier molecular flexibility index (Phi) is 3.74. The Balaban J connectivity index is 3.60. The zero-order valence-corrected chi connectivity index (χ0v) is 11.4. The molecule has 0 heterocycles. The summed E-state index contributed by atoms with van der Waals surface area (Å²) in [5, 5.41) is 10.6. The number of benzene rings is 1. The molecule has 94 valence electrons. The third-order valence-corrected chi connectivity index (χ3v) is 4.56. The predicted molar refractivity (Wildman–Crippen MR) is 66.1 cm³/mol. The Labute approximate surface area is 107 Å². The maximum absolute atomic E-state index is 11.9. The Morgan fingerprint density at radius 2 is 1.94 bits per heavy atom. The average molecular weight is 324 g/mol. The first kappa shape index (κ1) is 13.9. The van der Waals surface area contributed by atoms with Gasteiger partial charge in [0.2, 0.25) is 10.0 Å².